The highest BCUT2D eigenvalue weighted by Crippen LogP contribution is 2.42. The zero-order valence-corrected chi connectivity index (χ0v) is 9.42. The van der Waals surface area contributed by atoms with Crippen LogP contribution >= 0.6 is 0 Å². The molecule has 1 saturated carbocycles. The van der Waals surface area contributed by atoms with Gasteiger partial charge in [0.05, 0.1) is 23.8 Å². The first-order valence-corrected chi connectivity index (χ1v) is 5.54. The third kappa shape index (κ3) is 1.88. The zero-order valence-electron chi connectivity index (χ0n) is 9.42. The predicted octanol–water partition coefficient (Wildman–Crippen LogP) is 0.307. The Labute approximate surface area is 102 Å². The fourth-order valence-corrected chi connectivity index (χ4v) is 1.69. The molecule has 1 aliphatic carbocycles. The van der Waals surface area contributed by atoms with E-state index in [-0.39, 0.29) is 11.6 Å². The summed E-state index contributed by atoms with van der Waals surface area (Å²) in [6, 6.07) is 0. The second-order valence-corrected chi connectivity index (χ2v) is 4.09. The number of nitrogens with two attached hydrogens (primary N) is 1. The van der Waals surface area contributed by atoms with Gasteiger partial charge in [0.15, 0.2) is 5.69 Å². The molecule has 0 saturated heterocycles. The van der Waals surface area contributed by atoms with Crippen molar-refractivity contribution >= 4 is 17.5 Å². The normalized spacial score (nSPS) is 14.4. The van der Waals surface area contributed by atoms with Gasteiger partial charge in [-0.1, -0.05) is 0 Å². The maximum absolute atomic E-state index is 11.9. The predicted molar refractivity (Wildman–Crippen MR) is 62.8 cm³/mol. The van der Waals surface area contributed by atoms with Crippen LogP contribution in [0.25, 0.3) is 0 Å². The molecule has 1 fully saturated rings. The standard InChI is InChI=1S/C10H11N7O/c11-6-7(5-1-2-5)15-16-8(6)9(18)14-10-12-3-4-13-17-10/h3-5H,1-2,11H2,(H,15,16)(H,12,14,17,18). The summed E-state index contributed by atoms with van der Waals surface area (Å²) in [5, 5.41) is 16.5. The van der Waals surface area contributed by atoms with Gasteiger partial charge in [-0.2, -0.15) is 10.2 Å². The number of hydrogen-bond donors (Lipinski definition) is 3. The average molecular weight is 245 g/mol. The number of anilines is 2. The monoisotopic (exact) mass is 245 g/mol. The molecule has 8 heteroatoms. The molecule has 0 radical (unpaired) electrons. The smallest absolute Gasteiger partial charge is 0.280 e. The second-order valence-electron chi connectivity index (χ2n) is 4.09. The Morgan fingerprint density at radius 2 is 2.28 bits per heavy atom. The molecule has 3 rings (SSSR count). The number of nitrogens with one attached hydrogen (secondary N) is 2. The molecular weight excluding hydrogens is 234 g/mol. The lowest BCUT2D eigenvalue weighted by molar-refractivity contribution is 0.102. The van der Waals surface area contributed by atoms with Gasteiger partial charge in [-0.25, -0.2) is 4.98 Å². The summed E-state index contributed by atoms with van der Waals surface area (Å²) in [6.07, 6.45) is 5.02. The molecule has 2 aromatic rings. The summed E-state index contributed by atoms with van der Waals surface area (Å²) in [4.78, 5) is 15.8. The van der Waals surface area contributed by atoms with Crippen LogP contribution in [0.2, 0.25) is 0 Å². The lowest BCUT2D eigenvalue weighted by Crippen LogP contribution is -2.16. The van der Waals surface area contributed by atoms with Gasteiger partial charge in [-0.3, -0.25) is 15.2 Å². The van der Waals surface area contributed by atoms with E-state index >= 15 is 0 Å². The molecule has 0 spiro atoms. The van der Waals surface area contributed by atoms with E-state index < -0.39 is 5.91 Å². The molecule has 18 heavy (non-hydrogen) atoms. The number of H-pyrrole nitrogens is 1. The molecule has 1 aliphatic rings. The van der Waals surface area contributed by atoms with Crippen molar-refractivity contribution < 1.29 is 4.79 Å². The number of aromatic amines is 1. The minimum atomic E-state index is -0.441. The Morgan fingerprint density at radius 3 is 2.94 bits per heavy atom. The zero-order chi connectivity index (χ0) is 12.5. The summed E-state index contributed by atoms with van der Waals surface area (Å²) in [5.74, 6) is 0.0928. The first-order chi connectivity index (χ1) is 8.75. The minimum Gasteiger partial charge on any atom is -0.395 e. The minimum absolute atomic E-state index is 0.123. The molecule has 2 heterocycles. The van der Waals surface area contributed by atoms with E-state index in [1.807, 2.05) is 0 Å². The molecule has 0 bridgehead atoms. The lowest BCUT2D eigenvalue weighted by atomic mass is 10.2. The Hall–Kier alpha value is -2.51. The fourth-order valence-electron chi connectivity index (χ4n) is 1.69. The summed E-state index contributed by atoms with van der Waals surface area (Å²) in [7, 11) is 0. The summed E-state index contributed by atoms with van der Waals surface area (Å²) < 4.78 is 0. The highest BCUT2D eigenvalue weighted by molar-refractivity contribution is 6.05. The number of amides is 1. The van der Waals surface area contributed by atoms with Crippen LogP contribution in [-0.2, 0) is 0 Å². The van der Waals surface area contributed by atoms with Gasteiger partial charge >= 0.3 is 0 Å². The third-order valence-electron chi connectivity index (χ3n) is 2.74. The molecule has 1 amide bonds. The molecule has 8 nitrogen and oxygen atoms in total. The Balaban J connectivity index is 1.80. The average Bonchev–Trinajstić information content (AvgIpc) is 3.14. The van der Waals surface area contributed by atoms with Crippen LogP contribution < -0.4 is 11.1 Å². The van der Waals surface area contributed by atoms with E-state index in [9.17, 15) is 4.79 Å². The quantitative estimate of drug-likeness (QED) is 0.715. The van der Waals surface area contributed by atoms with Gasteiger partial charge in [0.25, 0.3) is 5.91 Å². The third-order valence-corrected chi connectivity index (χ3v) is 2.74. The maximum atomic E-state index is 11.9. The van der Waals surface area contributed by atoms with Gasteiger partial charge in [0.2, 0.25) is 5.95 Å². The van der Waals surface area contributed by atoms with Crippen molar-refractivity contribution in [3.63, 3.8) is 0 Å². The molecule has 0 unspecified atom stereocenters. The van der Waals surface area contributed by atoms with Crippen molar-refractivity contribution in [1.29, 1.82) is 0 Å². The van der Waals surface area contributed by atoms with Gasteiger partial charge in [0, 0.05) is 5.92 Å². The largest absolute Gasteiger partial charge is 0.395 e. The van der Waals surface area contributed by atoms with Crippen LogP contribution in [0.4, 0.5) is 11.6 Å². The number of nitrogens with zero attached hydrogens (tertiary/aromatic N) is 4. The summed E-state index contributed by atoms with van der Waals surface area (Å²) in [6.45, 7) is 0. The molecule has 0 atom stereocenters. The van der Waals surface area contributed by atoms with Crippen molar-refractivity contribution in [3.05, 3.63) is 23.8 Å². The van der Waals surface area contributed by atoms with E-state index in [1.54, 1.807) is 0 Å². The van der Waals surface area contributed by atoms with Gasteiger partial charge in [0.1, 0.15) is 0 Å². The molecule has 92 valence electrons. The molecule has 0 aromatic carbocycles. The van der Waals surface area contributed by atoms with Crippen LogP contribution in [0.1, 0.15) is 34.9 Å². The summed E-state index contributed by atoms with van der Waals surface area (Å²) >= 11 is 0. The Bertz CT molecular complexity index is 575. The maximum Gasteiger partial charge on any atom is 0.280 e. The second kappa shape index (κ2) is 4.06. The topological polar surface area (TPSA) is 122 Å². The first kappa shape index (κ1) is 10.6. The number of nitrogen functional groups attached to an aromatic ring is 1. The van der Waals surface area contributed by atoms with Crippen LogP contribution in [0, 0.1) is 0 Å². The highest BCUT2D eigenvalue weighted by Gasteiger charge is 2.30. The van der Waals surface area contributed by atoms with Crippen molar-refractivity contribution in [2.75, 3.05) is 11.1 Å². The van der Waals surface area contributed by atoms with Crippen LogP contribution in [-0.4, -0.2) is 31.3 Å². The molecule has 0 aliphatic heterocycles. The van der Waals surface area contributed by atoms with E-state index in [0.29, 0.717) is 11.6 Å². The van der Waals surface area contributed by atoms with Crippen molar-refractivity contribution in [3.8, 4) is 0 Å². The number of carbonyl (C=O) groups excluding carboxylic acids is 1. The van der Waals surface area contributed by atoms with E-state index in [4.69, 9.17) is 5.73 Å². The van der Waals surface area contributed by atoms with Crippen LogP contribution in [0.15, 0.2) is 12.4 Å². The Morgan fingerprint density at radius 1 is 1.44 bits per heavy atom. The van der Waals surface area contributed by atoms with Crippen LogP contribution in [0.5, 0.6) is 0 Å². The molecule has 2 aromatic heterocycles. The number of rotatable bonds is 3. The van der Waals surface area contributed by atoms with E-state index in [0.717, 1.165) is 18.5 Å². The van der Waals surface area contributed by atoms with Gasteiger partial charge in [-0.05, 0) is 12.8 Å². The number of aromatic nitrogens is 5. The molecule has 4 N–H and O–H groups in total. The first-order valence-electron chi connectivity index (χ1n) is 5.54. The SMILES string of the molecule is Nc1c(C(=O)Nc2nccnn2)n[nH]c1C1CC1. The number of hydrogen-bond acceptors (Lipinski definition) is 6. The van der Waals surface area contributed by atoms with Gasteiger partial charge < -0.3 is 5.73 Å². The summed E-state index contributed by atoms with van der Waals surface area (Å²) in [5.41, 5.74) is 7.30. The van der Waals surface area contributed by atoms with E-state index in [1.165, 1.54) is 12.4 Å². The van der Waals surface area contributed by atoms with E-state index in [2.05, 4.69) is 30.7 Å². The molecular formula is C10H11N7O. The number of carbonyl (C=O) groups is 1. The Kier molecular flexibility index (Phi) is 2.40. The van der Waals surface area contributed by atoms with Crippen molar-refractivity contribution in [1.82, 2.24) is 25.4 Å². The van der Waals surface area contributed by atoms with Crippen molar-refractivity contribution in [2.24, 2.45) is 0 Å². The lowest BCUT2D eigenvalue weighted by Gasteiger charge is -2.00. The highest BCUT2D eigenvalue weighted by atomic mass is 16.2. The van der Waals surface area contributed by atoms with Crippen molar-refractivity contribution in [2.45, 2.75) is 18.8 Å². The van der Waals surface area contributed by atoms with Crippen LogP contribution in [0.3, 0.4) is 0 Å². The fraction of sp³-hybridized carbons (Fsp3) is 0.300. The van der Waals surface area contributed by atoms with Gasteiger partial charge in [-0.15, -0.1) is 5.10 Å².